The van der Waals surface area contributed by atoms with Crippen LogP contribution in [0.3, 0.4) is 0 Å². The average molecular weight is 360 g/mol. The molecule has 2 aliphatic rings. The lowest BCUT2D eigenvalue weighted by atomic mass is 9.85. The molecule has 0 amide bonds. The average Bonchev–Trinajstić information content (AvgIpc) is 3.20. The number of hydrogen-bond donors (Lipinski definition) is 1. The van der Waals surface area contributed by atoms with Gasteiger partial charge in [-0.1, -0.05) is 42.5 Å². The van der Waals surface area contributed by atoms with Crippen LogP contribution in [0.15, 0.2) is 54.6 Å². The molecule has 2 fully saturated rings. The molecule has 0 radical (unpaired) electrons. The highest BCUT2D eigenvalue weighted by Gasteiger charge is 2.39. The molecule has 27 heavy (non-hydrogen) atoms. The number of piperidine rings is 1. The van der Waals surface area contributed by atoms with Crippen LogP contribution in [0.1, 0.15) is 43.5 Å². The first kappa shape index (κ1) is 17.0. The maximum absolute atomic E-state index is 4.73. The Labute approximate surface area is 161 Å². The van der Waals surface area contributed by atoms with Crippen LogP contribution in [0, 0.1) is 5.92 Å². The van der Waals surface area contributed by atoms with Gasteiger partial charge in [-0.05, 0) is 68.7 Å². The zero-order chi connectivity index (χ0) is 18.1. The van der Waals surface area contributed by atoms with Crippen molar-refractivity contribution in [3.8, 4) is 0 Å². The van der Waals surface area contributed by atoms with E-state index in [-0.39, 0.29) is 0 Å². The number of imidazole rings is 1. The van der Waals surface area contributed by atoms with Gasteiger partial charge in [0.2, 0.25) is 0 Å². The van der Waals surface area contributed by atoms with Gasteiger partial charge in [0.25, 0.3) is 0 Å². The summed E-state index contributed by atoms with van der Waals surface area (Å²) in [5.41, 5.74) is 3.77. The molecule has 5 rings (SSSR count). The van der Waals surface area contributed by atoms with E-state index in [0.29, 0.717) is 0 Å². The highest BCUT2D eigenvalue weighted by atomic mass is 15.2. The Kier molecular flexibility index (Phi) is 4.71. The summed E-state index contributed by atoms with van der Waals surface area (Å²) in [6.45, 7) is 1.23. The number of nitrogens with zero attached hydrogens (tertiary/aromatic N) is 2. The molecule has 2 aliphatic heterocycles. The zero-order valence-corrected chi connectivity index (χ0v) is 16.0. The number of benzene rings is 2. The first-order valence-electron chi connectivity index (χ1n) is 10.6. The van der Waals surface area contributed by atoms with Crippen molar-refractivity contribution in [1.29, 1.82) is 0 Å². The summed E-state index contributed by atoms with van der Waals surface area (Å²) in [5, 5.41) is 0. The van der Waals surface area contributed by atoms with E-state index in [2.05, 4.69) is 64.5 Å². The third kappa shape index (κ3) is 3.66. The molecule has 2 bridgehead atoms. The summed E-state index contributed by atoms with van der Waals surface area (Å²) in [7, 11) is 0. The lowest BCUT2D eigenvalue weighted by Gasteiger charge is -2.39. The van der Waals surface area contributed by atoms with Crippen molar-refractivity contribution in [3.63, 3.8) is 0 Å². The number of para-hydroxylation sites is 2. The largest absolute Gasteiger partial charge is 0.342 e. The summed E-state index contributed by atoms with van der Waals surface area (Å²) in [6, 6.07) is 21.0. The second-order valence-electron chi connectivity index (χ2n) is 8.45. The lowest BCUT2D eigenvalue weighted by Crippen LogP contribution is -2.43. The van der Waals surface area contributed by atoms with Crippen molar-refractivity contribution in [2.24, 2.45) is 5.92 Å². The van der Waals surface area contributed by atoms with E-state index in [1.165, 1.54) is 50.6 Å². The van der Waals surface area contributed by atoms with Crippen molar-refractivity contribution >= 4 is 11.0 Å². The number of aromatic amines is 1. The fourth-order valence-electron chi connectivity index (χ4n) is 5.42. The number of nitrogens with one attached hydrogen (secondary N) is 1. The van der Waals surface area contributed by atoms with Crippen molar-refractivity contribution < 1.29 is 0 Å². The third-order valence-electron chi connectivity index (χ3n) is 6.62. The molecule has 3 heteroatoms. The van der Waals surface area contributed by atoms with Crippen LogP contribution in [0.25, 0.3) is 11.0 Å². The van der Waals surface area contributed by atoms with Crippen molar-refractivity contribution in [3.05, 3.63) is 66.0 Å². The van der Waals surface area contributed by atoms with Gasteiger partial charge >= 0.3 is 0 Å². The van der Waals surface area contributed by atoms with E-state index in [1.54, 1.807) is 0 Å². The van der Waals surface area contributed by atoms with Crippen molar-refractivity contribution in [2.45, 2.75) is 57.0 Å². The van der Waals surface area contributed by atoms with Gasteiger partial charge in [0.1, 0.15) is 5.82 Å². The van der Waals surface area contributed by atoms with Gasteiger partial charge in [0.15, 0.2) is 0 Å². The second kappa shape index (κ2) is 7.47. The molecule has 3 nitrogen and oxygen atoms in total. The van der Waals surface area contributed by atoms with Crippen LogP contribution in [0.2, 0.25) is 0 Å². The first-order chi connectivity index (χ1) is 13.3. The van der Waals surface area contributed by atoms with E-state index >= 15 is 0 Å². The molecular weight excluding hydrogens is 330 g/mol. The Morgan fingerprint density at radius 1 is 0.926 bits per heavy atom. The maximum Gasteiger partial charge on any atom is 0.107 e. The normalized spacial score (nSPS) is 25.3. The molecule has 2 unspecified atom stereocenters. The Bertz CT molecular complexity index is 838. The SMILES string of the molecule is c1ccc(CC2CC3CCC(C2)N3CCCc2nc3ccccc3[nH]2)cc1. The summed E-state index contributed by atoms with van der Waals surface area (Å²) >= 11 is 0. The van der Waals surface area contributed by atoms with Gasteiger partial charge in [0, 0.05) is 18.5 Å². The minimum absolute atomic E-state index is 0.813. The quantitative estimate of drug-likeness (QED) is 0.673. The molecular formula is C24H29N3. The van der Waals surface area contributed by atoms with Gasteiger partial charge in [-0.15, -0.1) is 0 Å². The highest BCUT2D eigenvalue weighted by molar-refractivity contribution is 5.74. The van der Waals surface area contributed by atoms with Gasteiger partial charge in [-0.25, -0.2) is 4.98 Å². The summed E-state index contributed by atoms with van der Waals surface area (Å²) in [5.74, 6) is 2.01. The molecule has 3 aromatic rings. The van der Waals surface area contributed by atoms with E-state index in [1.807, 2.05) is 0 Å². The molecule has 1 N–H and O–H groups in total. The summed E-state index contributed by atoms with van der Waals surface area (Å²) in [4.78, 5) is 11.0. The molecule has 2 aromatic carbocycles. The number of hydrogen-bond acceptors (Lipinski definition) is 2. The molecule has 0 saturated carbocycles. The van der Waals surface area contributed by atoms with E-state index in [4.69, 9.17) is 4.98 Å². The van der Waals surface area contributed by atoms with Crippen molar-refractivity contribution in [1.82, 2.24) is 14.9 Å². The van der Waals surface area contributed by atoms with Crippen molar-refractivity contribution in [2.75, 3.05) is 6.54 Å². The van der Waals surface area contributed by atoms with E-state index < -0.39 is 0 Å². The number of H-pyrrole nitrogens is 1. The fraction of sp³-hybridized carbons (Fsp3) is 0.458. The molecule has 0 spiro atoms. The first-order valence-corrected chi connectivity index (χ1v) is 10.6. The van der Waals surface area contributed by atoms with Crippen LogP contribution < -0.4 is 0 Å². The molecule has 1 aromatic heterocycles. The Morgan fingerprint density at radius 2 is 1.67 bits per heavy atom. The molecule has 0 aliphatic carbocycles. The Morgan fingerprint density at radius 3 is 2.44 bits per heavy atom. The predicted octanol–water partition coefficient (Wildman–Crippen LogP) is 4.98. The summed E-state index contributed by atoms with van der Waals surface area (Å²) in [6.07, 6.45) is 9.10. The standard InChI is InChI=1S/C24H29N3/c1-2-7-18(8-3-1)15-19-16-20-12-13-21(17-19)27(20)14-6-11-24-25-22-9-4-5-10-23(22)26-24/h1-5,7-10,19-21H,6,11-17H2,(H,25,26). The number of aromatic nitrogens is 2. The number of fused-ring (bicyclic) bond motifs is 3. The number of aryl methyl sites for hydroxylation is 1. The molecule has 2 atom stereocenters. The topological polar surface area (TPSA) is 31.9 Å². The second-order valence-corrected chi connectivity index (χ2v) is 8.45. The number of rotatable bonds is 6. The molecule has 2 saturated heterocycles. The maximum atomic E-state index is 4.73. The van der Waals surface area contributed by atoms with Gasteiger partial charge in [-0.3, -0.25) is 4.90 Å². The predicted molar refractivity (Wildman–Crippen MR) is 111 cm³/mol. The van der Waals surface area contributed by atoms with Crippen LogP contribution in [0.4, 0.5) is 0 Å². The minimum Gasteiger partial charge on any atom is -0.342 e. The van der Waals surface area contributed by atoms with Gasteiger partial charge < -0.3 is 4.98 Å². The van der Waals surface area contributed by atoms with Crippen LogP contribution >= 0.6 is 0 Å². The zero-order valence-electron chi connectivity index (χ0n) is 16.0. The molecule has 140 valence electrons. The van der Waals surface area contributed by atoms with Gasteiger partial charge in [-0.2, -0.15) is 0 Å². The minimum atomic E-state index is 0.813. The van der Waals surface area contributed by atoms with E-state index in [9.17, 15) is 0 Å². The van der Waals surface area contributed by atoms with Crippen LogP contribution in [-0.4, -0.2) is 33.5 Å². The fourth-order valence-corrected chi connectivity index (χ4v) is 5.42. The van der Waals surface area contributed by atoms with Gasteiger partial charge in [0.05, 0.1) is 11.0 Å². The van der Waals surface area contributed by atoms with Crippen LogP contribution in [0.5, 0.6) is 0 Å². The lowest BCUT2D eigenvalue weighted by molar-refractivity contribution is 0.102. The Hall–Kier alpha value is -2.13. The monoisotopic (exact) mass is 359 g/mol. The third-order valence-corrected chi connectivity index (χ3v) is 6.62. The highest BCUT2D eigenvalue weighted by Crippen LogP contribution is 2.39. The smallest absolute Gasteiger partial charge is 0.107 e. The Balaban J connectivity index is 1.15. The molecule has 3 heterocycles. The van der Waals surface area contributed by atoms with E-state index in [0.717, 1.165) is 41.3 Å². The van der Waals surface area contributed by atoms with Crippen LogP contribution in [-0.2, 0) is 12.8 Å². The summed E-state index contributed by atoms with van der Waals surface area (Å²) < 4.78 is 0.